The van der Waals surface area contributed by atoms with Gasteiger partial charge in [-0.05, 0) is 80.6 Å². The fraction of sp³-hybridized carbons (Fsp3) is 0.789. The Labute approximate surface area is 128 Å². The van der Waals surface area contributed by atoms with Crippen LogP contribution in [-0.4, -0.2) is 0 Å². The maximum atomic E-state index is 6.87. The lowest BCUT2D eigenvalue weighted by Gasteiger charge is -2.66. The van der Waals surface area contributed by atoms with Crippen LogP contribution in [0.2, 0.25) is 0 Å². The lowest BCUT2D eigenvalue weighted by atomic mass is 9.39. The maximum absolute atomic E-state index is 6.87. The molecular weight excluding hydrogens is 258 g/mol. The van der Waals surface area contributed by atoms with Gasteiger partial charge in [0.15, 0.2) is 0 Å². The van der Waals surface area contributed by atoms with E-state index >= 15 is 0 Å². The second-order valence-electron chi connectivity index (χ2n) is 9.34. The van der Waals surface area contributed by atoms with Gasteiger partial charge in [0.05, 0.1) is 0 Å². The third-order valence-electron chi connectivity index (χ3n) is 6.74. The Bertz CT molecular complexity index is 568. The predicted molar refractivity (Wildman–Crippen MR) is 84.9 cm³/mol. The first-order valence-electron chi connectivity index (χ1n) is 8.55. The standard InChI is InChI=1S/C19H29NO/c1-12-5-15(13(2)21-12)16(20)19-8-14-6-17(3,10-19)9-18(4,7-14)11-19/h5,14,16H,6-11,20H2,1-4H3. The summed E-state index contributed by atoms with van der Waals surface area (Å²) in [7, 11) is 0. The van der Waals surface area contributed by atoms with Gasteiger partial charge in [0.25, 0.3) is 0 Å². The van der Waals surface area contributed by atoms with Crippen LogP contribution in [0.3, 0.4) is 0 Å². The third kappa shape index (κ3) is 1.94. The summed E-state index contributed by atoms with van der Waals surface area (Å²) < 4.78 is 5.77. The highest BCUT2D eigenvalue weighted by Crippen LogP contribution is 2.71. The molecule has 0 aliphatic heterocycles. The van der Waals surface area contributed by atoms with Crippen molar-refractivity contribution >= 4 is 0 Å². The van der Waals surface area contributed by atoms with Gasteiger partial charge in [0, 0.05) is 11.6 Å². The SMILES string of the molecule is Cc1cc(C(N)C23CC4CC(C)(CC(C)(C4)C2)C3)c(C)o1. The van der Waals surface area contributed by atoms with Gasteiger partial charge in [0.1, 0.15) is 11.5 Å². The van der Waals surface area contributed by atoms with Crippen molar-refractivity contribution in [1.82, 2.24) is 0 Å². The van der Waals surface area contributed by atoms with E-state index in [-0.39, 0.29) is 6.04 Å². The molecular formula is C19H29NO. The van der Waals surface area contributed by atoms with Crippen LogP contribution in [0.5, 0.6) is 0 Å². The minimum absolute atomic E-state index is 0.150. The van der Waals surface area contributed by atoms with Crippen LogP contribution < -0.4 is 5.73 Å². The van der Waals surface area contributed by atoms with Gasteiger partial charge < -0.3 is 10.2 Å². The van der Waals surface area contributed by atoms with Crippen molar-refractivity contribution in [3.05, 3.63) is 23.2 Å². The molecule has 1 heterocycles. The zero-order valence-electron chi connectivity index (χ0n) is 14.0. The summed E-state index contributed by atoms with van der Waals surface area (Å²) in [6, 6.07) is 2.33. The van der Waals surface area contributed by atoms with Gasteiger partial charge in [0.2, 0.25) is 0 Å². The summed E-state index contributed by atoms with van der Waals surface area (Å²) in [5.74, 6) is 2.93. The molecule has 2 heteroatoms. The monoisotopic (exact) mass is 287 g/mol. The molecule has 4 fully saturated rings. The van der Waals surface area contributed by atoms with E-state index in [0.29, 0.717) is 16.2 Å². The van der Waals surface area contributed by atoms with Crippen molar-refractivity contribution in [3.8, 4) is 0 Å². The van der Waals surface area contributed by atoms with Crippen molar-refractivity contribution in [2.75, 3.05) is 0 Å². The second kappa shape index (κ2) is 3.95. The first-order valence-corrected chi connectivity index (χ1v) is 8.55. The van der Waals surface area contributed by atoms with E-state index in [1.807, 2.05) is 6.92 Å². The first kappa shape index (κ1) is 13.9. The molecule has 1 aromatic heterocycles. The van der Waals surface area contributed by atoms with E-state index in [4.69, 9.17) is 10.2 Å². The molecule has 2 N–H and O–H groups in total. The molecule has 5 rings (SSSR count). The number of rotatable bonds is 2. The third-order valence-corrected chi connectivity index (χ3v) is 6.74. The van der Waals surface area contributed by atoms with Crippen LogP contribution in [0, 0.1) is 36.0 Å². The highest BCUT2D eigenvalue weighted by molar-refractivity contribution is 5.28. The molecule has 4 bridgehead atoms. The summed E-state index contributed by atoms with van der Waals surface area (Å²) in [5.41, 5.74) is 9.49. The molecule has 4 aliphatic carbocycles. The number of hydrogen-bond donors (Lipinski definition) is 1. The van der Waals surface area contributed by atoms with Crippen molar-refractivity contribution in [2.24, 2.45) is 27.9 Å². The molecule has 4 saturated carbocycles. The highest BCUT2D eigenvalue weighted by Gasteiger charge is 2.62. The molecule has 116 valence electrons. The van der Waals surface area contributed by atoms with E-state index < -0.39 is 0 Å². The van der Waals surface area contributed by atoms with Crippen LogP contribution in [0.1, 0.15) is 75.5 Å². The Kier molecular flexibility index (Phi) is 2.61. The van der Waals surface area contributed by atoms with Crippen LogP contribution >= 0.6 is 0 Å². The molecule has 21 heavy (non-hydrogen) atoms. The van der Waals surface area contributed by atoms with Crippen LogP contribution in [0.4, 0.5) is 0 Å². The number of furan rings is 1. The smallest absolute Gasteiger partial charge is 0.105 e. The van der Waals surface area contributed by atoms with Gasteiger partial charge in [-0.1, -0.05) is 13.8 Å². The maximum Gasteiger partial charge on any atom is 0.105 e. The fourth-order valence-corrected chi connectivity index (χ4v) is 7.17. The molecule has 0 radical (unpaired) electrons. The molecule has 0 amide bonds. The lowest BCUT2D eigenvalue weighted by molar-refractivity contribution is -0.154. The van der Waals surface area contributed by atoms with E-state index in [1.54, 1.807) is 0 Å². The molecule has 1 aromatic rings. The van der Waals surface area contributed by atoms with Gasteiger partial charge in [-0.2, -0.15) is 0 Å². The summed E-state index contributed by atoms with van der Waals surface area (Å²) in [6.45, 7) is 9.15. The Morgan fingerprint density at radius 2 is 1.71 bits per heavy atom. The summed E-state index contributed by atoms with van der Waals surface area (Å²) in [5, 5.41) is 0. The number of nitrogens with two attached hydrogens (primary N) is 1. The molecule has 0 spiro atoms. The Hall–Kier alpha value is -0.760. The van der Waals surface area contributed by atoms with Gasteiger partial charge in [-0.25, -0.2) is 0 Å². The number of aryl methyl sites for hydroxylation is 2. The number of hydrogen-bond acceptors (Lipinski definition) is 2. The molecule has 3 atom stereocenters. The normalized spacial score (nSPS) is 46.0. The summed E-state index contributed by atoms with van der Waals surface area (Å²) in [4.78, 5) is 0. The Balaban J connectivity index is 1.75. The van der Waals surface area contributed by atoms with Crippen molar-refractivity contribution < 1.29 is 4.42 Å². The minimum Gasteiger partial charge on any atom is -0.466 e. The lowest BCUT2D eigenvalue weighted by Crippen LogP contribution is -2.58. The van der Waals surface area contributed by atoms with E-state index in [1.165, 1.54) is 44.1 Å². The van der Waals surface area contributed by atoms with Crippen LogP contribution in [0.15, 0.2) is 10.5 Å². The Morgan fingerprint density at radius 3 is 2.19 bits per heavy atom. The summed E-state index contributed by atoms with van der Waals surface area (Å²) in [6.07, 6.45) is 8.24. The molecule has 0 aromatic carbocycles. The predicted octanol–water partition coefficient (Wildman–Crippen LogP) is 4.89. The Morgan fingerprint density at radius 1 is 1.10 bits per heavy atom. The molecule has 4 aliphatic rings. The van der Waals surface area contributed by atoms with Crippen molar-refractivity contribution in [3.63, 3.8) is 0 Å². The molecule has 0 saturated heterocycles. The second-order valence-corrected chi connectivity index (χ2v) is 9.34. The van der Waals surface area contributed by atoms with E-state index in [0.717, 1.165) is 17.4 Å². The average Bonchev–Trinajstić information content (AvgIpc) is 2.62. The fourth-order valence-electron chi connectivity index (χ4n) is 7.17. The van der Waals surface area contributed by atoms with E-state index in [2.05, 4.69) is 26.8 Å². The minimum atomic E-state index is 0.150. The highest BCUT2D eigenvalue weighted by atomic mass is 16.3. The van der Waals surface area contributed by atoms with E-state index in [9.17, 15) is 0 Å². The van der Waals surface area contributed by atoms with Crippen molar-refractivity contribution in [1.29, 1.82) is 0 Å². The van der Waals surface area contributed by atoms with Crippen LogP contribution in [0.25, 0.3) is 0 Å². The summed E-state index contributed by atoms with van der Waals surface area (Å²) >= 11 is 0. The van der Waals surface area contributed by atoms with Gasteiger partial charge in [-0.3, -0.25) is 0 Å². The van der Waals surface area contributed by atoms with Crippen LogP contribution in [-0.2, 0) is 0 Å². The quantitative estimate of drug-likeness (QED) is 0.841. The first-order chi connectivity index (χ1) is 9.73. The van der Waals surface area contributed by atoms with Crippen molar-refractivity contribution in [2.45, 2.75) is 72.3 Å². The molecule has 2 nitrogen and oxygen atoms in total. The topological polar surface area (TPSA) is 39.2 Å². The average molecular weight is 287 g/mol. The zero-order valence-corrected chi connectivity index (χ0v) is 14.0. The molecule has 3 unspecified atom stereocenters. The van der Waals surface area contributed by atoms with Gasteiger partial charge >= 0.3 is 0 Å². The largest absolute Gasteiger partial charge is 0.466 e. The zero-order chi connectivity index (χ0) is 15.0. The van der Waals surface area contributed by atoms with Gasteiger partial charge in [-0.15, -0.1) is 0 Å².